The van der Waals surface area contributed by atoms with E-state index in [1.165, 1.54) is 19.3 Å². The highest BCUT2D eigenvalue weighted by Crippen LogP contribution is 2.27. The first-order valence-electron chi connectivity index (χ1n) is 7.87. The summed E-state index contributed by atoms with van der Waals surface area (Å²) in [4.78, 5) is 31.1. The quantitative estimate of drug-likeness (QED) is 0.466. The molecule has 1 aromatic rings. The minimum Gasteiger partial charge on any atom is -0.485 e. The number of hydrogen-bond donors (Lipinski definition) is 2. The molecule has 1 aromatic carbocycles. The Kier molecular flexibility index (Phi) is 8.34. The van der Waals surface area contributed by atoms with Crippen LogP contribution in [0.1, 0.15) is 24.8 Å². The van der Waals surface area contributed by atoms with E-state index in [0.717, 1.165) is 25.2 Å². The van der Waals surface area contributed by atoms with Crippen LogP contribution in [0.4, 0.5) is 5.69 Å². The van der Waals surface area contributed by atoms with E-state index in [4.69, 9.17) is 24.5 Å². The van der Waals surface area contributed by atoms with E-state index in [1.54, 1.807) is 12.1 Å². The van der Waals surface area contributed by atoms with E-state index in [-0.39, 0.29) is 10.6 Å². The van der Waals surface area contributed by atoms with Crippen LogP contribution in [0, 0.1) is 17.0 Å². The number of rotatable bonds is 5. The van der Waals surface area contributed by atoms with Gasteiger partial charge in [0.25, 0.3) is 0 Å². The maximum atomic E-state index is 11.0. The standard InChI is InChI=1S/C14H20N2O3.C2H2O4/c1-12-5-6-14(13(11-12)16(17)18)19-10-9-15-7-3-2-4-8-15;3-1(4)2(5)6/h5-6,11H,2-4,7-10H2,1H3;(H,3,4)(H,5,6). The van der Waals surface area contributed by atoms with Crippen molar-refractivity contribution in [2.24, 2.45) is 0 Å². The van der Waals surface area contributed by atoms with E-state index >= 15 is 0 Å². The van der Waals surface area contributed by atoms with Gasteiger partial charge in [0.15, 0.2) is 5.75 Å². The molecule has 1 heterocycles. The first-order valence-corrected chi connectivity index (χ1v) is 7.87. The number of likely N-dealkylation sites (tertiary alicyclic amines) is 1. The van der Waals surface area contributed by atoms with E-state index in [9.17, 15) is 10.1 Å². The molecule has 0 spiro atoms. The fourth-order valence-corrected chi connectivity index (χ4v) is 2.36. The molecule has 2 N–H and O–H groups in total. The zero-order chi connectivity index (χ0) is 18.8. The fraction of sp³-hybridized carbons (Fsp3) is 0.500. The van der Waals surface area contributed by atoms with Crippen LogP contribution >= 0.6 is 0 Å². The van der Waals surface area contributed by atoms with Crippen molar-refractivity contribution < 1.29 is 29.5 Å². The molecular weight excluding hydrogens is 332 g/mol. The molecule has 0 bridgehead atoms. The van der Waals surface area contributed by atoms with Crippen molar-refractivity contribution in [3.63, 3.8) is 0 Å². The van der Waals surface area contributed by atoms with Gasteiger partial charge in [-0.1, -0.05) is 12.5 Å². The van der Waals surface area contributed by atoms with Crippen LogP contribution in [0.3, 0.4) is 0 Å². The van der Waals surface area contributed by atoms with E-state index < -0.39 is 11.9 Å². The molecule has 0 radical (unpaired) electrons. The number of nitro groups is 1. The number of carboxylic acid groups (broad SMARTS) is 2. The number of hydrogen-bond acceptors (Lipinski definition) is 6. The predicted molar refractivity (Wildman–Crippen MR) is 88.9 cm³/mol. The first kappa shape index (κ1) is 20.4. The molecule has 1 fully saturated rings. The van der Waals surface area contributed by atoms with Crippen LogP contribution < -0.4 is 4.74 Å². The summed E-state index contributed by atoms with van der Waals surface area (Å²) in [6.07, 6.45) is 3.79. The van der Waals surface area contributed by atoms with E-state index in [2.05, 4.69) is 4.90 Å². The van der Waals surface area contributed by atoms with Crippen molar-refractivity contribution in [3.8, 4) is 5.75 Å². The molecule has 0 saturated carbocycles. The highest BCUT2D eigenvalue weighted by Gasteiger charge is 2.16. The molecule has 0 unspecified atom stereocenters. The maximum absolute atomic E-state index is 11.0. The van der Waals surface area contributed by atoms with Crippen LogP contribution in [0.25, 0.3) is 0 Å². The lowest BCUT2D eigenvalue weighted by Gasteiger charge is -2.26. The summed E-state index contributed by atoms with van der Waals surface area (Å²) in [6.45, 7) is 5.40. The van der Waals surface area contributed by atoms with E-state index in [1.807, 2.05) is 13.0 Å². The number of carboxylic acids is 2. The molecule has 2 rings (SSSR count). The lowest BCUT2D eigenvalue weighted by atomic mass is 10.1. The van der Waals surface area contributed by atoms with Crippen LogP contribution in [0.2, 0.25) is 0 Å². The summed E-state index contributed by atoms with van der Waals surface area (Å²) in [5, 5.41) is 25.7. The Morgan fingerprint density at radius 3 is 2.32 bits per heavy atom. The Morgan fingerprint density at radius 2 is 1.80 bits per heavy atom. The molecule has 1 saturated heterocycles. The molecule has 138 valence electrons. The van der Waals surface area contributed by atoms with Crippen molar-refractivity contribution in [3.05, 3.63) is 33.9 Å². The number of aliphatic carboxylic acids is 2. The summed E-state index contributed by atoms with van der Waals surface area (Å²) >= 11 is 0. The lowest BCUT2D eigenvalue weighted by Crippen LogP contribution is -2.33. The number of aryl methyl sites for hydroxylation is 1. The third-order valence-corrected chi connectivity index (χ3v) is 3.61. The van der Waals surface area contributed by atoms with Gasteiger partial charge in [-0.3, -0.25) is 15.0 Å². The van der Waals surface area contributed by atoms with Crippen molar-refractivity contribution in [2.75, 3.05) is 26.2 Å². The molecule has 0 aromatic heterocycles. The summed E-state index contributed by atoms with van der Waals surface area (Å²) in [5.74, 6) is -3.28. The number of piperidine rings is 1. The Balaban J connectivity index is 0.000000450. The van der Waals surface area contributed by atoms with Gasteiger partial charge < -0.3 is 14.9 Å². The SMILES string of the molecule is Cc1ccc(OCCN2CCCCC2)c([N+](=O)[O-])c1.O=C(O)C(=O)O. The van der Waals surface area contributed by atoms with Gasteiger partial charge >= 0.3 is 17.6 Å². The predicted octanol–water partition coefficient (Wildman–Crippen LogP) is 1.92. The van der Waals surface area contributed by atoms with Gasteiger partial charge in [0, 0.05) is 12.6 Å². The van der Waals surface area contributed by atoms with Crippen LogP contribution in [-0.4, -0.2) is 58.2 Å². The number of nitro benzene ring substituents is 1. The molecule has 0 amide bonds. The normalized spacial score (nSPS) is 14.1. The second-order valence-electron chi connectivity index (χ2n) is 5.59. The topological polar surface area (TPSA) is 130 Å². The zero-order valence-corrected chi connectivity index (χ0v) is 14.0. The lowest BCUT2D eigenvalue weighted by molar-refractivity contribution is -0.385. The van der Waals surface area contributed by atoms with Gasteiger partial charge in [-0.2, -0.15) is 0 Å². The minimum absolute atomic E-state index is 0.0543. The first-order chi connectivity index (χ1) is 11.8. The summed E-state index contributed by atoms with van der Waals surface area (Å²) < 4.78 is 5.57. The van der Waals surface area contributed by atoms with Gasteiger partial charge in [0.1, 0.15) is 6.61 Å². The fourth-order valence-electron chi connectivity index (χ4n) is 2.36. The van der Waals surface area contributed by atoms with Crippen molar-refractivity contribution in [1.29, 1.82) is 0 Å². The highest BCUT2D eigenvalue weighted by atomic mass is 16.6. The number of ether oxygens (including phenoxy) is 1. The molecule has 9 nitrogen and oxygen atoms in total. The Bertz CT molecular complexity index is 601. The van der Waals surface area contributed by atoms with Crippen molar-refractivity contribution in [2.45, 2.75) is 26.2 Å². The van der Waals surface area contributed by atoms with Crippen LogP contribution in [-0.2, 0) is 9.59 Å². The van der Waals surface area contributed by atoms with Gasteiger partial charge in [-0.15, -0.1) is 0 Å². The van der Waals surface area contributed by atoms with Gasteiger partial charge in [-0.25, -0.2) is 9.59 Å². The van der Waals surface area contributed by atoms with Gasteiger partial charge in [-0.05, 0) is 44.5 Å². The second kappa shape index (κ2) is 10.2. The number of benzene rings is 1. The van der Waals surface area contributed by atoms with Crippen LogP contribution in [0.5, 0.6) is 5.75 Å². The average Bonchev–Trinajstić information content (AvgIpc) is 2.57. The average molecular weight is 354 g/mol. The van der Waals surface area contributed by atoms with Crippen molar-refractivity contribution >= 4 is 17.6 Å². The molecule has 9 heteroatoms. The molecule has 0 aliphatic carbocycles. The smallest absolute Gasteiger partial charge is 0.414 e. The number of nitrogens with zero attached hydrogens (tertiary/aromatic N) is 2. The Labute approximate surface area is 145 Å². The van der Waals surface area contributed by atoms with Crippen LogP contribution in [0.15, 0.2) is 18.2 Å². The molecule has 0 atom stereocenters. The largest absolute Gasteiger partial charge is 0.485 e. The van der Waals surface area contributed by atoms with Gasteiger partial charge in [0.05, 0.1) is 4.92 Å². The maximum Gasteiger partial charge on any atom is 0.414 e. The number of carbonyl (C=O) groups is 2. The monoisotopic (exact) mass is 354 g/mol. The Morgan fingerprint density at radius 1 is 1.20 bits per heavy atom. The third-order valence-electron chi connectivity index (χ3n) is 3.61. The zero-order valence-electron chi connectivity index (χ0n) is 14.0. The van der Waals surface area contributed by atoms with Crippen molar-refractivity contribution in [1.82, 2.24) is 4.90 Å². The van der Waals surface area contributed by atoms with E-state index in [0.29, 0.717) is 12.4 Å². The molecule has 25 heavy (non-hydrogen) atoms. The second-order valence-corrected chi connectivity index (χ2v) is 5.59. The summed E-state index contributed by atoms with van der Waals surface area (Å²) in [5.41, 5.74) is 0.925. The summed E-state index contributed by atoms with van der Waals surface area (Å²) in [6, 6.07) is 5.07. The molecule has 1 aliphatic rings. The molecular formula is C16H22N2O7. The third kappa shape index (κ3) is 7.62. The van der Waals surface area contributed by atoms with Gasteiger partial charge in [0.2, 0.25) is 0 Å². The summed E-state index contributed by atoms with van der Waals surface area (Å²) in [7, 11) is 0. The highest BCUT2D eigenvalue weighted by molar-refractivity contribution is 6.27. The molecule has 1 aliphatic heterocycles. The Hall–Kier alpha value is -2.68. The minimum atomic E-state index is -1.82.